The van der Waals surface area contributed by atoms with Crippen molar-refractivity contribution >= 4 is 23.4 Å². The van der Waals surface area contributed by atoms with E-state index in [4.69, 9.17) is 0 Å². The molecule has 2 fully saturated rings. The lowest BCUT2D eigenvalue weighted by Crippen LogP contribution is -2.64. The molecule has 3 amide bonds. The number of rotatable bonds is 4. The summed E-state index contributed by atoms with van der Waals surface area (Å²) in [6.07, 6.45) is 1.81. The minimum Gasteiger partial charge on any atom is -0.340 e. The number of para-hydroxylation sites is 1. The average molecular weight is 447 g/mol. The fourth-order valence-corrected chi connectivity index (χ4v) is 5.40. The van der Waals surface area contributed by atoms with Crippen molar-refractivity contribution in [2.75, 3.05) is 37.6 Å². The third-order valence-corrected chi connectivity index (χ3v) is 7.23. The van der Waals surface area contributed by atoms with Crippen LogP contribution in [0.3, 0.4) is 0 Å². The Labute approximate surface area is 194 Å². The monoisotopic (exact) mass is 446 g/mol. The second-order valence-corrected chi connectivity index (χ2v) is 9.35. The van der Waals surface area contributed by atoms with Crippen LogP contribution in [0.2, 0.25) is 0 Å². The number of fused-ring (bicyclic) bond motifs is 3. The highest BCUT2D eigenvalue weighted by Gasteiger charge is 2.53. The Bertz CT molecular complexity index is 1070. The number of carbonyl (C=O) groups excluding carboxylic acids is 3. The molecular formula is C26H30N4O3. The van der Waals surface area contributed by atoms with E-state index >= 15 is 0 Å². The summed E-state index contributed by atoms with van der Waals surface area (Å²) in [4.78, 5) is 47.1. The van der Waals surface area contributed by atoms with Crippen LogP contribution in [0.4, 0.5) is 5.69 Å². The Morgan fingerprint density at radius 3 is 2.52 bits per heavy atom. The quantitative estimate of drug-likeness (QED) is 0.725. The Morgan fingerprint density at radius 2 is 1.70 bits per heavy atom. The number of nitrogens with zero attached hydrogens (tertiary/aromatic N) is 4. The van der Waals surface area contributed by atoms with Crippen LogP contribution in [-0.2, 0) is 16.1 Å². The summed E-state index contributed by atoms with van der Waals surface area (Å²) in [5.41, 5.74) is 1.61. The van der Waals surface area contributed by atoms with E-state index in [0.29, 0.717) is 37.2 Å². The van der Waals surface area contributed by atoms with Gasteiger partial charge < -0.3 is 9.80 Å². The highest BCUT2D eigenvalue weighted by molar-refractivity contribution is 6.11. The maximum absolute atomic E-state index is 13.4. The molecule has 3 aliphatic heterocycles. The van der Waals surface area contributed by atoms with Gasteiger partial charge in [0, 0.05) is 39.1 Å². The highest BCUT2D eigenvalue weighted by atomic mass is 16.2. The van der Waals surface area contributed by atoms with E-state index in [-0.39, 0.29) is 24.3 Å². The number of carbonyl (C=O) groups is 3. The van der Waals surface area contributed by atoms with E-state index in [2.05, 4.69) is 17.0 Å². The Morgan fingerprint density at radius 1 is 0.939 bits per heavy atom. The van der Waals surface area contributed by atoms with Crippen molar-refractivity contribution in [2.24, 2.45) is 0 Å². The summed E-state index contributed by atoms with van der Waals surface area (Å²) >= 11 is 0. The van der Waals surface area contributed by atoms with E-state index in [0.717, 1.165) is 26.1 Å². The molecule has 0 saturated carbocycles. The van der Waals surface area contributed by atoms with E-state index in [1.54, 1.807) is 21.9 Å². The molecule has 7 heteroatoms. The fourth-order valence-electron chi connectivity index (χ4n) is 5.40. The van der Waals surface area contributed by atoms with E-state index in [1.807, 2.05) is 42.2 Å². The minimum absolute atomic E-state index is 0.00113. The number of anilines is 1. The molecule has 5 rings (SSSR count). The number of hydrogen-bond acceptors (Lipinski definition) is 4. The van der Waals surface area contributed by atoms with Crippen LogP contribution in [0.5, 0.6) is 0 Å². The smallest absolute Gasteiger partial charge is 0.258 e. The van der Waals surface area contributed by atoms with Crippen molar-refractivity contribution < 1.29 is 14.4 Å². The van der Waals surface area contributed by atoms with Gasteiger partial charge in [-0.3, -0.25) is 24.2 Å². The van der Waals surface area contributed by atoms with Crippen LogP contribution in [0, 0.1) is 0 Å². The van der Waals surface area contributed by atoms with Gasteiger partial charge in [0.1, 0.15) is 12.2 Å². The van der Waals surface area contributed by atoms with Crippen molar-refractivity contribution in [2.45, 2.75) is 38.4 Å². The lowest BCUT2D eigenvalue weighted by atomic mass is 9.98. The van der Waals surface area contributed by atoms with Crippen LogP contribution in [0.1, 0.15) is 42.1 Å². The third-order valence-electron chi connectivity index (χ3n) is 7.23. The van der Waals surface area contributed by atoms with Gasteiger partial charge >= 0.3 is 0 Å². The first kappa shape index (κ1) is 21.6. The van der Waals surface area contributed by atoms with Crippen LogP contribution < -0.4 is 4.90 Å². The molecule has 0 radical (unpaired) electrons. The zero-order valence-corrected chi connectivity index (χ0v) is 19.1. The molecule has 172 valence electrons. The van der Waals surface area contributed by atoms with Gasteiger partial charge in [0.05, 0.1) is 11.3 Å². The topological polar surface area (TPSA) is 64.2 Å². The molecule has 7 nitrogen and oxygen atoms in total. The number of benzene rings is 2. The Balaban J connectivity index is 1.30. The van der Waals surface area contributed by atoms with Crippen LogP contribution >= 0.6 is 0 Å². The van der Waals surface area contributed by atoms with Gasteiger partial charge in [-0.15, -0.1) is 0 Å². The first-order chi connectivity index (χ1) is 16.0. The number of hydrogen-bond donors (Lipinski definition) is 0. The lowest BCUT2D eigenvalue weighted by molar-refractivity contribution is -0.133. The highest BCUT2D eigenvalue weighted by Crippen LogP contribution is 2.43. The molecule has 1 atom stereocenters. The predicted octanol–water partition coefficient (Wildman–Crippen LogP) is 2.72. The van der Waals surface area contributed by atoms with Gasteiger partial charge in [0.15, 0.2) is 0 Å². The molecule has 0 bridgehead atoms. The first-order valence-corrected chi connectivity index (χ1v) is 11.8. The van der Waals surface area contributed by atoms with Gasteiger partial charge in [-0.2, -0.15) is 0 Å². The van der Waals surface area contributed by atoms with Crippen molar-refractivity contribution in [3.8, 4) is 0 Å². The summed E-state index contributed by atoms with van der Waals surface area (Å²) in [7, 11) is 0. The van der Waals surface area contributed by atoms with Crippen LogP contribution in [0.15, 0.2) is 54.6 Å². The normalized spacial score (nSPS) is 23.4. The molecule has 33 heavy (non-hydrogen) atoms. The second kappa shape index (κ2) is 8.63. The van der Waals surface area contributed by atoms with E-state index in [9.17, 15) is 14.4 Å². The summed E-state index contributed by atoms with van der Waals surface area (Å²) in [6, 6.07) is 17.6. The molecule has 1 unspecified atom stereocenters. The Hall–Kier alpha value is -3.19. The summed E-state index contributed by atoms with van der Waals surface area (Å²) in [6.45, 7) is 5.84. The van der Waals surface area contributed by atoms with E-state index < -0.39 is 5.66 Å². The molecule has 0 N–H and O–H groups in total. The van der Waals surface area contributed by atoms with Crippen molar-refractivity contribution in [1.82, 2.24) is 14.7 Å². The minimum atomic E-state index is -0.802. The standard InChI is InChI=1S/C26H30N4O3/c1-26-13-12-23(31)30(26)22-11-6-5-10-21(22)25(33)29(26)19-24(32)28-15-7-14-27(16-17-28)18-20-8-3-2-4-9-20/h2-6,8-11H,7,12-19H2,1H3. The third kappa shape index (κ3) is 3.91. The SMILES string of the molecule is CC12CCC(=O)N1c1ccccc1C(=O)N2CC(=O)N1CCCN(Cc2ccccc2)CC1. The van der Waals surface area contributed by atoms with Crippen molar-refractivity contribution in [3.05, 3.63) is 65.7 Å². The van der Waals surface area contributed by atoms with Gasteiger partial charge in [-0.1, -0.05) is 42.5 Å². The Kier molecular flexibility index (Phi) is 5.66. The van der Waals surface area contributed by atoms with Gasteiger partial charge in [-0.05, 0) is 37.5 Å². The molecule has 2 aromatic carbocycles. The zero-order chi connectivity index (χ0) is 23.0. The lowest BCUT2D eigenvalue weighted by Gasteiger charge is -2.48. The molecule has 0 aliphatic carbocycles. The molecule has 0 aromatic heterocycles. The zero-order valence-electron chi connectivity index (χ0n) is 19.1. The van der Waals surface area contributed by atoms with Gasteiger partial charge in [0.2, 0.25) is 11.8 Å². The second-order valence-electron chi connectivity index (χ2n) is 9.35. The van der Waals surface area contributed by atoms with Gasteiger partial charge in [-0.25, -0.2) is 0 Å². The van der Waals surface area contributed by atoms with E-state index in [1.165, 1.54) is 5.56 Å². The maximum Gasteiger partial charge on any atom is 0.258 e. The van der Waals surface area contributed by atoms with Gasteiger partial charge in [0.25, 0.3) is 5.91 Å². The predicted molar refractivity (Wildman–Crippen MR) is 126 cm³/mol. The molecule has 0 spiro atoms. The molecule has 2 aromatic rings. The summed E-state index contributed by atoms with van der Waals surface area (Å²) < 4.78 is 0. The van der Waals surface area contributed by atoms with Crippen molar-refractivity contribution in [3.63, 3.8) is 0 Å². The fraction of sp³-hybridized carbons (Fsp3) is 0.423. The molecule has 2 saturated heterocycles. The number of amides is 3. The summed E-state index contributed by atoms with van der Waals surface area (Å²) in [5.74, 6) is -0.223. The summed E-state index contributed by atoms with van der Waals surface area (Å²) in [5, 5.41) is 0. The van der Waals surface area contributed by atoms with Crippen molar-refractivity contribution in [1.29, 1.82) is 0 Å². The first-order valence-electron chi connectivity index (χ1n) is 11.8. The molecule has 3 aliphatic rings. The molecule has 3 heterocycles. The maximum atomic E-state index is 13.4. The van der Waals surface area contributed by atoms with Crippen LogP contribution in [0.25, 0.3) is 0 Å². The molecular weight excluding hydrogens is 416 g/mol. The largest absolute Gasteiger partial charge is 0.340 e. The van der Waals surface area contributed by atoms with Crippen LogP contribution in [-0.4, -0.2) is 70.8 Å². The average Bonchev–Trinajstić information content (AvgIpc) is 2.98.